The monoisotopic (exact) mass is 166 g/mol. The molecule has 66 valence electrons. The Kier molecular flexibility index (Phi) is 1.93. The molecule has 1 atom stereocenters. The van der Waals surface area contributed by atoms with E-state index in [0.717, 1.165) is 0 Å². The fourth-order valence-corrected chi connectivity index (χ4v) is 1.84. The minimum Gasteiger partial charge on any atom is -0.171 e. The van der Waals surface area contributed by atoms with Crippen molar-refractivity contribution in [1.29, 1.82) is 0 Å². The van der Waals surface area contributed by atoms with E-state index in [1.807, 2.05) is 13.8 Å². The van der Waals surface area contributed by atoms with Crippen molar-refractivity contribution in [1.82, 2.24) is 0 Å². The average molecular weight is 166 g/mol. The third kappa shape index (κ3) is 1.37. The van der Waals surface area contributed by atoms with Crippen LogP contribution in [0.2, 0.25) is 0 Å². The Morgan fingerprint density at radius 2 is 1.73 bits per heavy atom. The maximum absolute atomic E-state index is 12.1. The van der Waals surface area contributed by atoms with Crippen molar-refractivity contribution in [2.75, 3.05) is 0 Å². The van der Waals surface area contributed by atoms with E-state index in [2.05, 4.69) is 0 Å². The first-order chi connectivity index (χ1) is 4.96. The molecule has 0 N–H and O–H groups in total. The van der Waals surface area contributed by atoms with Crippen molar-refractivity contribution < 1.29 is 13.2 Å². The Labute approximate surface area is 64.8 Å². The lowest BCUT2D eigenvalue weighted by molar-refractivity contribution is -0.156. The molecule has 3 heteroatoms. The Balaban J connectivity index is 2.58. The molecule has 0 saturated heterocycles. The number of halogens is 3. The van der Waals surface area contributed by atoms with Crippen molar-refractivity contribution in [3.63, 3.8) is 0 Å². The first-order valence-electron chi connectivity index (χ1n) is 4.03. The zero-order valence-electron chi connectivity index (χ0n) is 6.83. The predicted octanol–water partition coefficient (Wildman–Crippen LogP) is 3.38. The molecular formula is C8H13F3. The smallest absolute Gasteiger partial charge is 0.171 e. The molecule has 0 aromatic heterocycles. The predicted molar refractivity (Wildman–Crippen MR) is 37.2 cm³/mol. The van der Waals surface area contributed by atoms with E-state index in [9.17, 15) is 13.2 Å². The third-order valence-corrected chi connectivity index (χ3v) is 2.99. The van der Waals surface area contributed by atoms with Gasteiger partial charge < -0.3 is 0 Å². The largest absolute Gasteiger partial charge is 0.392 e. The van der Waals surface area contributed by atoms with E-state index in [1.54, 1.807) is 0 Å². The second-order valence-electron chi connectivity index (χ2n) is 3.37. The molecule has 0 amide bonds. The van der Waals surface area contributed by atoms with E-state index in [0.29, 0.717) is 19.3 Å². The standard InChI is InChI=1S/C8H13F3/c1-3-7(4-2)5-6(7)8(9,10)11/h6H,3-5H2,1-2H3. The van der Waals surface area contributed by atoms with Gasteiger partial charge >= 0.3 is 6.18 Å². The number of hydrogen-bond acceptors (Lipinski definition) is 0. The van der Waals surface area contributed by atoms with Gasteiger partial charge in [-0.25, -0.2) is 0 Å². The lowest BCUT2D eigenvalue weighted by Crippen LogP contribution is -2.16. The molecule has 0 heterocycles. The Morgan fingerprint density at radius 1 is 1.27 bits per heavy atom. The van der Waals surface area contributed by atoms with Crippen LogP contribution in [0.1, 0.15) is 33.1 Å². The van der Waals surface area contributed by atoms with Crippen molar-refractivity contribution in [3.05, 3.63) is 0 Å². The minimum atomic E-state index is -3.95. The number of hydrogen-bond donors (Lipinski definition) is 0. The van der Waals surface area contributed by atoms with Gasteiger partial charge in [-0.2, -0.15) is 13.2 Å². The minimum absolute atomic E-state index is 0.351. The summed E-state index contributed by atoms with van der Waals surface area (Å²) in [6.45, 7) is 3.68. The fraction of sp³-hybridized carbons (Fsp3) is 1.00. The summed E-state index contributed by atoms with van der Waals surface area (Å²) in [6, 6.07) is 0. The first kappa shape index (κ1) is 8.88. The number of rotatable bonds is 2. The lowest BCUT2D eigenvalue weighted by Gasteiger charge is -2.13. The van der Waals surface area contributed by atoms with Gasteiger partial charge in [0.2, 0.25) is 0 Å². The van der Waals surface area contributed by atoms with Gasteiger partial charge in [-0.1, -0.05) is 13.8 Å². The van der Waals surface area contributed by atoms with Crippen LogP contribution < -0.4 is 0 Å². The van der Waals surface area contributed by atoms with Gasteiger partial charge in [-0.15, -0.1) is 0 Å². The van der Waals surface area contributed by atoms with Gasteiger partial charge in [0.1, 0.15) is 0 Å². The average Bonchev–Trinajstić information content (AvgIpc) is 2.61. The summed E-state index contributed by atoms with van der Waals surface area (Å²) < 4.78 is 36.3. The van der Waals surface area contributed by atoms with Crippen LogP contribution in [0.3, 0.4) is 0 Å². The van der Waals surface area contributed by atoms with Crippen molar-refractivity contribution in [3.8, 4) is 0 Å². The maximum Gasteiger partial charge on any atom is 0.392 e. The van der Waals surface area contributed by atoms with Crippen molar-refractivity contribution >= 4 is 0 Å². The SMILES string of the molecule is CCC1(CC)CC1C(F)(F)F. The highest BCUT2D eigenvalue weighted by atomic mass is 19.4. The molecule has 0 spiro atoms. The molecule has 0 nitrogen and oxygen atoms in total. The molecule has 1 rings (SSSR count). The van der Waals surface area contributed by atoms with Crippen LogP contribution in [0.4, 0.5) is 13.2 Å². The molecule has 1 aliphatic carbocycles. The van der Waals surface area contributed by atoms with Crippen LogP contribution in [0.15, 0.2) is 0 Å². The van der Waals surface area contributed by atoms with Crippen LogP contribution >= 0.6 is 0 Å². The van der Waals surface area contributed by atoms with Crippen LogP contribution in [-0.2, 0) is 0 Å². The van der Waals surface area contributed by atoms with Gasteiger partial charge in [0.15, 0.2) is 0 Å². The summed E-state index contributed by atoms with van der Waals surface area (Å²) >= 11 is 0. The molecular weight excluding hydrogens is 153 g/mol. The Hall–Kier alpha value is -0.210. The summed E-state index contributed by atoms with van der Waals surface area (Å²) in [4.78, 5) is 0. The highest BCUT2D eigenvalue weighted by Gasteiger charge is 2.64. The highest BCUT2D eigenvalue weighted by Crippen LogP contribution is 2.63. The third-order valence-electron chi connectivity index (χ3n) is 2.99. The zero-order valence-corrected chi connectivity index (χ0v) is 6.83. The summed E-state index contributed by atoms with van der Waals surface area (Å²) in [5.41, 5.74) is -0.391. The first-order valence-corrected chi connectivity index (χ1v) is 4.03. The highest BCUT2D eigenvalue weighted by molar-refractivity contribution is 5.03. The Bertz CT molecular complexity index is 144. The summed E-state index contributed by atoms with van der Waals surface area (Å²) in [5, 5.41) is 0. The summed E-state index contributed by atoms with van der Waals surface area (Å²) in [6.07, 6.45) is -2.28. The molecule has 0 aromatic carbocycles. The van der Waals surface area contributed by atoms with E-state index < -0.39 is 17.5 Å². The molecule has 0 aliphatic heterocycles. The van der Waals surface area contributed by atoms with E-state index in [1.165, 1.54) is 0 Å². The summed E-state index contributed by atoms with van der Waals surface area (Å²) in [5.74, 6) is -1.01. The molecule has 1 unspecified atom stereocenters. The molecule has 0 radical (unpaired) electrons. The van der Waals surface area contributed by atoms with Crippen molar-refractivity contribution in [2.45, 2.75) is 39.3 Å². The maximum atomic E-state index is 12.1. The molecule has 0 bridgehead atoms. The second-order valence-corrected chi connectivity index (χ2v) is 3.37. The molecule has 1 fully saturated rings. The topological polar surface area (TPSA) is 0 Å². The van der Waals surface area contributed by atoms with Gasteiger partial charge in [0, 0.05) is 0 Å². The molecule has 11 heavy (non-hydrogen) atoms. The van der Waals surface area contributed by atoms with E-state index >= 15 is 0 Å². The zero-order chi connectivity index (χ0) is 8.70. The molecule has 0 aromatic rings. The van der Waals surface area contributed by atoms with Gasteiger partial charge in [-0.3, -0.25) is 0 Å². The van der Waals surface area contributed by atoms with Crippen LogP contribution in [-0.4, -0.2) is 6.18 Å². The summed E-state index contributed by atoms with van der Waals surface area (Å²) in [7, 11) is 0. The molecule has 1 saturated carbocycles. The number of alkyl halides is 3. The van der Waals surface area contributed by atoms with E-state index in [-0.39, 0.29) is 0 Å². The van der Waals surface area contributed by atoms with Crippen LogP contribution in [0.5, 0.6) is 0 Å². The second kappa shape index (κ2) is 2.39. The quantitative estimate of drug-likeness (QED) is 0.590. The molecule has 1 aliphatic rings. The Morgan fingerprint density at radius 3 is 1.82 bits per heavy atom. The van der Waals surface area contributed by atoms with Gasteiger partial charge in [0.25, 0.3) is 0 Å². The van der Waals surface area contributed by atoms with E-state index in [4.69, 9.17) is 0 Å². The normalized spacial score (nSPS) is 28.6. The van der Waals surface area contributed by atoms with Crippen LogP contribution in [0, 0.1) is 11.3 Å². The van der Waals surface area contributed by atoms with Gasteiger partial charge in [0.05, 0.1) is 5.92 Å². The lowest BCUT2D eigenvalue weighted by atomic mass is 9.97. The van der Waals surface area contributed by atoms with Gasteiger partial charge in [-0.05, 0) is 24.7 Å². The van der Waals surface area contributed by atoms with Crippen molar-refractivity contribution in [2.24, 2.45) is 11.3 Å². The fourth-order valence-electron chi connectivity index (χ4n) is 1.84. The van der Waals surface area contributed by atoms with Crippen LogP contribution in [0.25, 0.3) is 0 Å².